The maximum atomic E-state index is 11.8. The summed E-state index contributed by atoms with van der Waals surface area (Å²) >= 11 is 0. The van der Waals surface area contributed by atoms with Gasteiger partial charge >= 0.3 is 0 Å². The Balaban J connectivity index is 1.41. The number of furan rings is 1. The van der Waals surface area contributed by atoms with Crippen LogP contribution in [0.3, 0.4) is 0 Å². The molecule has 128 valence electrons. The highest BCUT2D eigenvalue weighted by Crippen LogP contribution is 2.19. The molecule has 1 aliphatic heterocycles. The first-order valence-electron chi connectivity index (χ1n) is 8.20. The van der Waals surface area contributed by atoms with Gasteiger partial charge in [0.1, 0.15) is 5.76 Å². The molecule has 3 heterocycles. The highest BCUT2D eigenvalue weighted by atomic mass is 16.5. The minimum Gasteiger partial charge on any atom is -0.469 e. The van der Waals surface area contributed by atoms with Crippen LogP contribution in [0.2, 0.25) is 0 Å². The predicted molar refractivity (Wildman–Crippen MR) is 88.1 cm³/mol. The van der Waals surface area contributed by atoms with E-state index in [1.807, 2.05) is 12.1 Å². The summed E-state index contributed by atoms with van der Waals surface area (Å²) in [5.41, 5.74) is 1.12. The van der Waals surface area contributed by atoms with Crippen molar-refractivity contribution in [1.29, 1.82) is 0 Å². The molecule has 0 spiro atoms. The summed E-state index contributed by atoms with van der Waals surface area (Å²) in [6, 6.07) is 3.73. The van der Waals surface area contributed by atoms with Crippen molar-refractivity contribution in [1.82, 2.24) is 20.4 Å². The minimum absolute atomic E-state index is 0.0280. The van der Waals surface area contributed by atoms with Crippen LogP contribution in [0.1, 0.15) is 30.3 Å². The van der Waals surface area contributed by atoms with Gasteiger partial charge in [0.15, 0.2) is 5.82 Å². The van der Waals surface area contributed by atoms with Crippen molar-refractivity contribution < 1.29 is 13.7 Å². The second-order valence-electron chi connectivity index (χ2n) is 5.93. The number of nitrogens with one attached hydrogen (secondary N) is 1. The van der Waals surface area contributed by atoms with Gasteiger partial charge in [0.25, 0.3) is 0 Å². The fraction of sp³-hybridized carbons (Fsp3) is 0.471. The molecule has 2 aromatic rings. The van der Waals surface area contributed by atoms with Gasteiger partial charge in [-0.1, -0.05) is 11.2 Å². The molecule has 3 rings (SSSR count). The molecule has 0 fully saturated rings. The van der Waals surface area contributed by atoms with Crippen molar-refractivity contribution in [2.75, 3.05) is 26.7 Å². The van der Waals surface area contributed by atoms with E-state index in [-0.39, 0.29) is 5.91 Å². The number of hydrogen-bond acceptors (Lipinski definition) is 6. The Kier molecular flexibility index (Phi) is 5.43. The number of hydrogen-bond donors (Lipinski definition) is 1. The van der Waals surface area contributed by atoms with Crippen molar-refractivity contribution in [3.05, 3.63) is 41.9 Å². The Morgan fingerprint density at radius 3 is 3.08 bits per heavy atom. The summed E-state index contributed by atoms with van der Waals surface area (Å²) in [5.74, 6) is 1.99. The molecule has 7 nitrogen and oxygen atoms in total. The number of nitrogens with zero attached hydrogens (tertiary/aromatic N) is 3. The summed E-state index contributed by atoms with van der Waals surface area (Å²) in [6.07, 6.45) is 6.15. The summed E-state index contributed by atoms with van der Waals surface area (Å²) in [7, 11) is 2.08. The van der Waals surface area contributed by atoms with Crippen LogP contribution in [0.4, 0.5) is 0 Å². The summed E-state index contributed by atoms with van der Waals surface area (Å²) in [5, 5.41) is 6.88. The number of aryl methyl sites for hydroxylation is 1. The number of aromatic nitrogens is 2. The lowest BCUT2D eigenvalue weighted by Gasteiger charge is -2.19. The van der Waals surface area contributed by atoms with E-state index < -0.39 is 0 Å². The molecular weight excluding hydrogens is 308 g/mol. The number of likely N-dealkylation sites (N-methyl/N-ethyl adjacent to an activating group) is 1. The van der Waals surface area contributed by atoms with E-state index in [1.165, 1.54) is 0 Å². The quantitative estimate of drug-likeness (QED) is 0.831. The van der Waals surface area contributed by atoms with Gasteiger partial charge in [-0.3, -0.25) is 4.79 Å². The van der Waals surface area contributed by atoms with Crippen LogP contribution in [0.5, 0.6) is 0 Å². The van der Waals surface area contributed by atoms with E-state index in [1.54, 1.807) is 6.26 Å². The van der Waals surface area contributed by atoms with Gasteiger partial charge in [0.05, 0.1) is 6.26 Å². The normalized spacial score (nSPS) is 15.3. The van der Waals surface area contributed by atoms with Crippen LogP contribution in [0, 0.1) is 0 Å². The van der Waals surface area contributed by atoms with E-state index in [0.717, 1.165) is 30.8 Å². The molecule has 7 heteroatoms. The highest BCUT2D eigenvalue weighted by molar-refractivity contribution is 5.76. The van der Waals surface area contributed by atoms with Gasteiger partial charge in [-0.15, -0.1) is 0 Å². The summed E-state index contributed by atoms with van der Waals surface area (Å²) in [6.45, 7) is 2.45. The first-order valence-corrected chi connectivity index (χ1v) is 8.20. The standard InChI is InChI=1S/C17H22N4O3/c1-21-10-7-13(8-11-21)17-19-16(24-20-17)5-4-15(22)18-9-6-14-3-2-12-23-14/h2-3,7,12H,4-6,8-11H2,1H3,(H,18,22). The SMILES string of the molecule is CN1CC=C(c2noc(CCC(=O)NCCc3ccco3)n2)CC1. The second-order valence-corrected chi connectivity index (χ2v) is 5.93. The molecule has 0 atom stereocenters. The zero-order valence-electron chi connectivity index (χ0n) is 13.8. The molecule has 0 saturated carbocycles. The van der Waals surface area contributed by atoms with Gasteiger partial charge < -0.3 is 19.2 Å². The maximum Gasteiger partial charge on any atom is 0.227 e. The van der Waals surface area contributed by atoms with Crippen molar-refractivity contribution in [3.63, 3.8) is 0 Å². The van der Waals surface area contributed by atoms with Gasteiger partial charge in [0, 0.05) is 38.9 Å². The van der Waals surface area contributed by atoms with Crippen LogP contribution in [0.15, 0.2) is 33.4 Å². The predicted octanol–water partition coefficient (Wildman–Crippen LogP) is 1.67. The molecule has 1 aliphatic rings. The lowest BCUT2D eigenvalue weighted by Crippen LogP contribution is -2.25. The first-order chi connectivity index (χ1) is 11.7. The molecule has 1 N–H and O–H groups in total. The van der Waals surface area contributed by atoms with Crippen molar-refractivity contribution in [2.45, 2.75) is 25.7 Å². The smallest absolute Gasteiger partial charge is 0.227 e. The highest BCUT2D eigenvalue weighted by Gasteiger charge is 2.15. The minimum atomic E-state index is -0.0280. The monoisotopic (exact) mass is 330 g/mol. The van der Waals surface area contributed by atoms with Gasteiger partial charge in [-0.25, -0.2) is 0 Å². The molecule has 0 aromatic carbocycles. The Hall–Kier alpha value is -2.41. The van der Waals surface area contributed by atoms with Gasteiger partial charge in [-0.05, 0) is 31.2 Å². The van der Waals surface area contributed by atoms with Crippen LogP contribution in [-0.2, 0) is 17.6 Å². The van der Waals surface area contributed by atoms with Crippen LogP contribution in [-0.4, -0.2) is 47.6 Å². The van der Waals surface area contributed by atoms with E-state index in [9.17, 15) is 4.79 Å². The van der Waals surface area contributed by atoms with E-state index in [0.29, 0.717) is 37.5 Å². The Bertz CT molecular complexity index is 691. The lowest BCUT2D eigenvalue weighted by atomic mass is 10.1. The number of rotatable bonds is 7. The Morgan fingerprint density at radius 2 is 2.33 bits per heavy atom. The fourth-order valence-electron chi connectivity index (χ4n) is 2.55. The molecule has 0 unspecified atom stereocenters. The molecular formula is C17H22N4O3. The van der Waals surface area contributed by atoms with Crippen LogP contribution < -0.4 is 5.32 Å². The summed E-state index contributed by atoms with van der Waals surface area (Å²) in [4.78, 5) is 18.5. The Labute approximate surface area is 140 Å². The van der Waals surface area contributed by atoms with E-state index >= 15 is 0 Å². The zero-order chi connectivity index (χ0) is 16.8. The fourth-order valence-corrected chi connectivity index (χ4v) is 2.55. The van der Waals surface area contributed by atoms with E-state index in [2.05, 4.69) is 33.5 Å². The first kappa shape index (κ1) is 16.4. The third-order valence-electron chi connectivity index (χ3n) is 4.01. The zero-order valence-corrected chi connectivity index (χ0v) is 13.8. The summed E-state index contributed by atoms with van der Waals surface area (Å²) < 4.78 is 10.5. The number of carbonyl (C=O) groups excluding carboxylic acids is 1. The molecule has 0 radical (unpaired) electrons. The maximum absolute atomic E-state index is 11.8. The average Bonchev–Trinajstić information content (AvgIpc) is 3.25. The van der Waals surface area contributed by atoms with Crippen LogP contribution >= 0.6 is 0 Å². The third-order valence-corrected chi connectivity index (χ3v) is 4.01. The molecule has 0 bridgehead atoms. The second kappa shape index (κ2) is 7.92. The molecule has 2 aromatic heterocycles. The third kappa shape index (κ3) is 4.55. The number of carbonyl (C=O) groups is 1. The number of amides is 1. The van der Waals surface area contributed by atoms with Crippen molar-refractivity contribution >= 4 is 11.5 Å². The molecule has 24 heavy (non-hydrogen) atoms. The molecule has 1 amide bonds. The Morgan fingerprint density at radius 1 is 1.42 bits per heavy atom. The largest absolute Gasteiger partial charge is 0.469 e. The van der Waals surface area contributed by atoms with Gasteiger partial charge in [-0.2, -0.15) is 4.98 Å². The lowest BCUT2D eigenvalue weighted by molar-refractivity contribution is -0.121. The average molecular weight is 330 g/mol. The van der Waals surface area contributed by atoms with Crippen molar-refractivity contribution in [2.24, 2.45) is 0 Å². The van der Waals surface area contributed by atoms with Crippen molar-refractivity contribution in [3.8, 4) is 0 Å². The van der Waals surface area contributed by atoms with Gasteiger partial charge in [0.2, 0.25) is 11.8 Å². The molecule has 0 aliphatic carbocycles. The topological polar surface area (TPSA) is 84.4 Å². The molecule has 0 saturated heterocycles. The van der Waals surface area contributed by atoms with Crippen LogP contribution in [0.25, 0.3) is 5.57 Å². The van der Waals surface area contributed by atoms with E-state index in [4.69, 9.17) is 8.94 Å².